The molecule has 1 N–H and O–H groups in total. The number of para-hydroxylation sites is 1. The molecule has 0 aliphatic rings. The van der Waals surface area contributed by atoms with E-state index in [-0.39, 0.29) is 18.5 Å². The van der Waals surface area contributed by atoms with Gasteiger partial charge in [-0.3, -0.25) is 13.9 Å². The van der Waals surface area contributed by atoms with Gasteiger partial charge in [0.25, 0.3) is 0 Å². The fourth-order valence-electron chi connectivity index (χ4n) is 3.54. The van der Waals surface area contributed by atoms with Crippen molar-refractivity contribution in [2.24, 2.45) is 0 Å². The Balaban J connectivity index is 2.33. The molecule has 180 valence electrons. The largest absolute Gasteiger partial charge is 0.352 e. The molecule has 0 heterocycles. The molecule has 0 saturated heterocycles. The lowest BCUT2D eigenvalue weighted by molar-refractivity contribution is -0.139. The maximum Gasteiger partial charge on any atom is 0.244 e. The number of carbonyl (C=O) groups is 2. The maximum absolute atomic E-state index is 13.5. The van der Waals surface area contributed by atoms with E-state index in [0.717, 1.165) is 22.5 Å². The molecule has 2 aromatic rings. The van der Waals surface area contributed by atoms with Crippen molar-refractivity contribution in [1.29, 1.82) is 0 Å². The number of hydrogen-bond acceptors (Lipinski definition) is 4. The van der Waals surface area contributed by atoms with Crippen molar-refractivity contribution in [2.45, 2.75) is 52.1 Å². The van der Waals surface area contributed by atoms with E-state index in [0.29, 0.717) is 25.1 Å². The highest BCUT2D eigenvalue weighted by Gasteiger charge is 2.31. The number of amides is 2. The molecule has 0 spiro atoms. The second-order valence-electron chi connectivity index (χ2n) is 8.17. The van der Waals surface area contributed by atoms with Gasteiger partial charge in [0.05, 0.1) is 11.9 Å². The third-order valence-corrected chi connectivity index (χ3v) is 6.74. The number of nitrogens with zero attached hydrogens (tertiary/aromatic N) is 2. The summed E-state index contributed by atoms with van der Waals surface area (Å²) < 4.78 is 26.1. The third-order valence-electron chi connectivity index (χ3n) is 5.59. The molecule has 0 aliphatic heterocycles. The van der Waals surface area contributed by atoms with Gasteiger partial charge in [-0.2, -0.15) is 0 Å². The Labute approximate surface area is 197 Å². The standard InChI is InChI=1S/C25H35N3O4S/c1-5-20(3)26-25(30)23(6-2)27(18-17-21-13-9-7-10-14-21)24(29)19-28(33(4,31)32)22-15-11-8-12-16-22/h7-16,20,23H,5-6,17-19H2,1-4H3,(H,26,30)/t20-,23-/m1/s1. The minimum Gasteiger partial charge on any atom is -0.352 e. The number of carbonyl (C=O) groups excluding carboxylic acids is 2. The number of nitrogens with one attached hydrogen (secondary N) is 1. The summed E-state index contributed by atoms with van der Waals surface area (Å²) in [7, 11) is -3.70. The third kappa shape index (κ3) is 7.89. The van der Waals surface area contributed by atoms with Gasteiger partial charge in [-0.1, -0.05) is 62.4 Å². The molecule has 8 heteroatoms. The molecule has 2 amide bonds. The number of rotatable bonds is 12. The summed E-state index contributed by atoms with van der Waals surface area (Å²) in [4.78, 5) is 28.0. The second-order valence-corrected chi connectivity index (χ2v) is 10.1. The van der Waals surface area contributed by atoms with Gasteiger partial charge in [0.1, 0.15) is 12.6 Å². The van der Waals surface area contributed by atoms with Gasteiger partial charge in [0.15, 0.2) is 0 Å². The maximum atomic E-state index is 13.5. The van der Waals surface area contributed by atoms with Crippen LogP contribution in [0.1, 0.15) is 39.2 Å². The Morgan fingerprint density at radius 2 is 1.52 bits per heavy atom. The van der Waals surface area contributed by atoms with Crippen LogP contribution in [0.2, 0.25) is 0 Å². The number of hydrogen-bond donors (Lipinski definition) is 1. The molecule has 0 aliphatic carbocycles. The van der Waals surface area contributed by atoms with Crippen molar-refractivity contribution in [3.05, 3.63) is 66.2 Å². The molecule has 0 saturated carbocycles. The van der Waals surface area contributed by atoms with Crippen LogP contribution in [0.3, 0.4) is 0 Å². The van der Waals surface area contributed by atoms with Gasteiger partial charge in [-0.15, -0.1) is 0 Å². The van der Waals surface area contributed by atoms with Crippen LogP contribution in [0.15, 0.2) is 60.7 Å². The lowest BCUT2D eigenvalue weighted by Gasteiger charge is -2.33. The van der Waals surface area contributed by atoms with Crippen LogP contribution >= 0.6 is 0 Å². The van der Waals surface area contributed by atoms with E-state index in [4.69, 9.17) is 0 Å². The molecule has 0 bridgehead atoms. The molecule has 7 nitrogen and oxygen atoms in total. The molecular weight excluding hydrogens is 438 g/mol. The molecule has 2 atom stereocenters. The first-order valence-electron chi connectivity index (χ1n) is 11.3. The molecule has 33 heavy (non-hydrogen) atoms. The zero-order valence-electron chi connectivity index (χ0n) is 19.9. The minimum absolute atomic E-state index is 0.0190. The van der Waals surface area contributed by atoms with Crippen LogP contribution in [0.25, 0.3) is 0 Å². The minimum atomic E-state index is -3.70. The quantitative estimate of drug-likeness (QED) is 0.513. The molecular formula is C25H35N3O4S. The van der Waals surface area contributed by atoms with Gasteiger partial charge >= 0.3 is 0 Å². The van der Waals surface area contributed by atoms with Crippen molar-refractivity contribution >= 4 is 27.5 Å². The fourth-order valence-corrected chi connectivity index (χ4v) is 4.39. The van der Waals surface area contributed by atoms with Crippen LogP contribution in [0, 0.1) is 0 Å². The second kappa shape index (κ2) is 12.4. The Hall–Kier alpha value is -2.87. The number of benzene rings is 2. The first kappa shape index (κ1) is 26.4. The van der Waals surface area contributed by atoms with E-state index in [1.807, 2.05) is 51.1 Å². The number of sulfonamides is 1. The van der Waals surface area contributed by atoms with Gasteiger partial charge < -0.3 is 10.2 Å². The van der Waals surface area contributed by atoms with Crippen LogP contribution in [0.4, 0.5) is 5.69 Å². The van der Waals surface area contributed by atoms with E-state index in [1.54, 1.807) is 30.3 Å². The predicted molar refractivity (Wildman–Crippen MR) is 132 cm³/mol. The summed E-state index contributed by atoms with van der Waals surface area (Å²) >= 11 is 0. The molecule has 0 unspecified atom stereocenters. The first-order chi connectivity index (χ1) is 15.7. The summed E-state index contributed by atoms with van der Waals surface area (Å²) in [5, 5.41) is 2.96. The zero-order chi connectivity index (χ0) is 24.4. The fraction of sp³-hybridized carbons (Fsp3) is 0.440. The van der Waals surface area contributed by atoms with Crippen molar-refractivity contribution < 1.29 is 18.0 Å². The average Bonchev–Trinajstić information content (AvgIpc) is 2.80. The zero-order valence-corrected chi connectivity index (χ0v) is 20.7. The monoisotopic (exact) mass is 473 g/mol. The first-order valence-corrected chi connectivity index (χ1v) is 13.2. The topological polar surface area (TPSA) is 86.8 Å². The highest BCUT2D eigenvalue weighted by molar-refractivity contribution is 7.92. The average molecular weight is 474 g/mol. The normalized spacial score (nSPS) is 13.1. The van der Waals surface area contributed by atoms with E-state index < -0.39 is 22.0 Å². The lowest BCUT2D eigenvalue weighted by atomic mass is 10.1. The smallest absolute Gasteiger partial charge is 0.244 e. The molecule has 2 aromatic carbocycles. The van der Waals surface area contributed by atoms with Crippen LogP contribution in [-0.4, -0.2) is 56.6 Å². The summed E-state index contributed by atoms with van der Waals surface area (Å²) in [5.74, 6) is -0.634. The van der Waals surface area contributed by atoms with Gasteiger partial charge in [-0.25, -0.2) is 8.42 Å². The summed E-state index contributed by atoms with van der Waals surface area (Å²) in [5.41, 5.74) is 1.45. The molecule has 0 aromatic heterocycles. The highest BCUT2D eigenvalue weighted by atomic mass is 32.2. The van der Waals surface area contributed by atoms with E-state index >= 15 is 0 Å². The van der Waals surface area contributed by atoms with Crippen molar-refractivity contribution in [1.82, 2.24) is 10.2 Å². The Bertz CT molecular complexity index is 997. The van der Waals surface area contributed by atoms with Crippen LogP contribution < -0.4 is 9.62 Å². The predicted octanol–water partition coefficient (Wildman–Crippen LogP) is 3.22. The molecule has 0 fully saturated rings. The summed E-state index contributed by atoms with van der Waals surface area (Å²) in [6.45, 7) is 5.69. The van der Waals surface area contributed by atoms with E-state index in [2.05, 4.69) is 5.32 Å². The molecule has 0 radical (unpaired) electrons. The lowest BCUT2D eigenvalue weighted by Crippen LogP contribution is -2.54. The van der Waals surface area contributed by atoms with E-state index in [1.165, 1.54) is 4.90 Å². The summed E-state index contributed by atoms with van der Waals surface area (Å²) in [6.07, 6.45) is 2.83. The van der Waals surface area contributed by atoms with Crippen LogP contribution in [-0.2, 0) is 26.0 Å². The van der Waals surface area contributed by atoms with Gasteiger partial charge in [0, 0.05) is 12.6 Å². The van der Waals surface area contributed by atoms with E-state index in [9.17, 15) is 18.0 Å². The summed E-state index contributed by atoms with van der Waals surface area (Å²) in [6, 6.07) is 17.5. The van der Waals surface area contributed by atoms with Crippen molar-refractivity contribution in [3.8, 4) is 0 Å². The van der Waals surface area contributed by atoms with Crippen molar-refractivity contribution in [2.75, 3.05) is 23.7 Å². The SMILES string of the molecule is CC[C@@H](C)NC(=O)[C@@H](CC)N(CCc1ccccc1)C(=O)CN(c1ccccc1)S(C)(=O)=O. The Morgan fingerprint density at radius 1 is 0.939 bits per heavy atom. The van der Waals surface area contributed by atoms with Gasteiger partial charge in [0.2, 0.25) is 21.8 Å². The van der Waals surface area contributed by atoms with Crippen molar-refractivity contribution in [3.63, 3.8) is 0 Å². The van der Waals surface area contributed by atoms with Crippen LogP contribution in [0.5, 0.6) is 0 Å². The Morgan fingerprint density at radius 3 is 2.03 bits per heavy atom. The molecule has 2 rings (SSSR count). The highest BCUT2D eigenvalue weighted by Crippen LogP contribution is 2.18. The van der Waals surface area contributed by atoms with Gasteiger partial charge in [-0.05, 0) is 43.9 Å². The number of anilines is 1. The Kier molecular flexibility index (Phi) is 9.91.